The number of carbonyl (C=O) groups is 1. The third-order valence-electron chi connectivity index (χ3n) is 3.58. The second-order valence-electron chi connectivity index (χ2n) is 5.64. The predicted octanol–water partition coefficient (Wildman–Crippen LogP) is 3.40. The zero-order chi connectivity index (χ0) is 20.0. The van der Waals surface area contributed by atoms with Gasteiger partial charge in [0.15, 0.2) is 12.4 Å². The number of rotatable bonds is 7. The SMILES string of the molecule is COc1ccc(/C=N/NC(=O)COc2cc(C)c(Cl)c(C)c2)cc1[N+](=O)[O-]. The summed E-state index contributed by atoms with van der Waals surface area (Å²) in [5, 5.41) is 15.4. The lowest BCUT2D eigenvalue weighted by atomic mass is 10.1. The minimum Gasteiger partial charge on any atom is -0.490 e. The number of nitro benzene ring substituents is 1. The maximum atomic E-state index is 11.8. The first kappa shape index (κ1) is 20.2. The van der Waals surface area contributed by atoms with Crippen molar-refractivity contribution in [3.05, 3.63) is 62.2 Å². The highest BCUT2D eigenvalue weighted by molar-refractivity contribution is 6.32. The van der Waals surface area contributed by atoms with Crippen molar-refractivity contribution in [2.75, 3.05) is 13.7 Å². The Kier molecular flexibility index (Phi) is 6.73. The maximum Gasteiger partial charge on any atom is 0.311 e. The summed E-state index contributed by atoms with van der Waals surface area (Å²) in [4.78, 5) is 22.2. The minimum atomic E-state index is -0.557. The van der Waals surface area contributed by atoms with Crippen molar-refractivity contribution in [2.24, 2.45) is 5.10 Å². The van der Waals surface area contributed by atoms with E-state index in [4.69, 9.17) is 21.1 Å². The molecule has 0 radical (unpaired) electrons. The number of nitrogens with zero attached hydrogens (tertiary/aromatic N) is 2. The lowest BCUT2D eigenvalue weighted by Gasteiger charge is -2.09. The van der Waals surface area contributed by atoms with Crippen LogP contribution in [0.1, 0.15) is 16.7 Å². The first-order valence-corrected chi connectivity index (χ1v) is 8.23. The van der Waals surface area contributed by atoms with Crippen LogP contribution < -0.4 is 14.9 Å². The van der Waals surface area contributed by atoms with Gasteiger partial charge in [-0.05, 0) is 49.2 Å². The van der Waals surface area contributed by atoms with Crippen molar-refractivity contribution < 1.29 is 19.2 Å². The smallest absolute Gasteiger partial charge is 0.311 e. The van der Waals surface area contributed by atoms with E-state index in [0.29, 0.717) is 16.3 Å². The fraction of sp³-hybridized carbons (Fsp3) is 0.222. The molecule has 0 heterocycles. The molecule has 0 unspecified atom stereocenters. The number of carbonyl (C=O) groups excluding carboxylic acids is 1. The molecule has 0 saturated heterocycles. The molecule has 2 rings (SSSR count). The monoisotopic (exact) mass is 391 g/mol. The van der Waals surface area contributed by atoms with E-state index in [1.54, 1.807) is 18.2 Å². The quantitative estimate of drug-likeness (QED) is 0.442. The van der Waals surface area contributed by atoms with Crippen molar-refractivity contribution in [1.29, 1.82) is 0 Å². The van der Waals surface area contributed by atoms with Gasteiger partial charge in [0, 0.05) is 16.7 Å². The summed E-state index contributed by atoms with van der Waals surface area (Å²) in [7, 11) is 1.35. The van der Waals surface area contributed by atoms with Gasteiger partial charge in [-0.2, -0.15) is 5.10 Å². The second-order valence-corrected chi connectivity index (χ2v) is 6.02. The number of benzene rings is 2. The first-order chi connectivity index (χ1) is 12.8. The third-order valence-corrected chi connectivity index (χ3v) is 4.18. The lowest BCUT2D eigenvalue weighted by molar-refractivity contribution is -0.385. The van der Waals surface area contributed by atoms with Crippen LogP contribution in [0.3, 0.4) is 0 Å². The molecular weight excluding hydrogens is 374 g/mol. The summed E-state index contributed by atoms with van der Waals surface area (Å²) in [5.41, 5.74) is 4.25. The van der Waals surface area contributed by atoms with Gasteiger partial charge in [-0.3, -0.25) is 14.9 Å². The number of methoxy groups -OCH3 is 1. The van der Waals surface area contributed by atoms with Crippen LogP contribution in [0, 0.1) is 24.0 Å². The van der Waals surface area contributed by atoms with E-state index in [1.165, 1.54) is 25.5 Å². The Bertz CT molecular complexity index is 876. The predicted molar refractivity (Wildman–Crippen MR) is 102 cm³/mol. The highest BCUT2D eigenvalue weighted by Crippen LogP contribution is 2.27. The molecule has 0 aliphatic rings. The molecule has 0 fully saturated rings. The van der Waals surface area contributed by atoms with Crippen LogP contribution in [-0.4, -0.2) is 30.8 Å². The maximum absolute atomic E-state index is 11.8. The molecule has 0 atom stereocenters. The number of nitrogens with one attached hydrogen (secondary N) is 1. The van der Waals surface area contributed by atoms with Crippen molar-refractivity contribution in [1.82, 2.24) is 5.43 Å². The van der Waals surface area contributed by atoms with E-state index in [0.717, 1.165) is 11.1 Å². The zero-order valence-electron chi connectivity index (χ0n) is 15.0. The van der Waals surface area contributed by atoms with E-state index >= 15 is 0 Å². The van der Waals surface area contributed by atoms with Crippen molar-refractivity contribution >= 4 is 29.4 Å². The second kappa shape index (κ2) is 9.00. The molecule has 0 bridgehead atoms. The van der Waals surface area contributed by atoms with Crippen LogP contribution in [0.2, 0.25) is 5.02 Å². The molecule has 2 aromatic rings. The first-order valence-electron chi connectivity index (χ1n) is 7.85. The van der Waals surface area contributed by atoms with Gasteiger partial charge in [-0.1, -0.05) is 11.6 Å². The lowest BCUT2D eigenvalue weighted by Crippen LogP contribution is -2.24. The van der Waals surface area contributed by atoms with Gasteiger partial charge in [0.2, 0.25) is 0 Å². The Balaban J connectivity index is 1.94. The van der Waals surface area contributed by atoms with Gasteiger partial charge >= 0.3 is 5.69 Å². The molecule has 0 spiro atoms. The van der Waals surface area contributed by atoms with Gasteiger partial charge in [0.25, 0.3) is 5.91 Å². The largest absolute Gasteiger partial charge is 0.490 e. The topological polar surface area (TPSA) is 103 Å². The fourth-order valence-corrected chi connectivity index (χ4v) is 2.39. The van der Waals surface area contributed by atoms with Crippen LogP contribution in [0.4, 0.5) is 5.69 Å². The van der Waals surface area contributed by atoms with Crippen molar-refractivity contribution in [3.8, 4) is 11.5 Å². The molecule has 0 aliphatic heterocycles. The number of nitro groups is 1. The highest BCUT2D eigenvalue weighted by atomic mass is 35.5. The summed E-state index contributed by atoms with van der Waals surface area (Å²) in [6.45, 7) is 3.46. The minimum absolute atomic E-state index is 0.142. The van der Waals surface area contributed by atoms with E-state index in [-0.39, 0.29) is 18.0 Å². The van der Waals surface area contributed by atoms with Crippen LogP contribution in [0.25, 0.3) is 0 Å². The number of amides is 1. The van der Waals surface area contributed by atoms with Gasteiger partial charge < -0.3 is 9.47 Å². The molecule has 142 valence electrons. The molecule has 0 aromatic heterocycles. The number of hydrazone groups is 1. The van der Waals surface area contributed by atoms with Crippen molar-refractivity contribution in [2.45, 2.75) is 13.8 Å². The number of hydrogen-bond acceptors (Lipinski definition) is 6. The number of ether oxygens (including phenoxy) is 2. The van der Waals surface area contributed by atoms with Crippen molar-refractivity contribution in [3.63, 3.8) is 0 Å². The molecule has 2 aromatic carbocycles. The van der Waals surface area contributed by atoms with E-state index < -0.39 is 10.8 Å². The van der Waals surface area contributed by atoms with Crippen LogP contribution in [0.5, 0.6) is 11.5 Å². The highest BCUT2D eigenvalue weighted by Gasteiger charge is 2.14. The standard InChI is InChI=1S/C18H18ClN3O5/c1-11-6-14(7-12(2)18(11)19)27-10-17(23)21-20-9-13-4-5-16(26-3)15(8-13)22(24)25/h4-9H,10H2,1-3H3,(H,21,23)/b20-9+. The third kappa shape index (κ3) is 5.42. The molecule has 27 heavy (non-hydrogen) atoms. The molecule has 1 amide bonds. The molecule has 0 aliphatic carbocycles. The molecular formula is C18H18ClN3O5. The Morgan fingerprint density at radius 3 is 2.56 bits per heavy atom. The summed E-state index contributed by atoms with van der Waals surface area (Å²) in [5.74, 6) is 0.196. The van der Waals surface area contributed by atoms with E-state index in [2.05, 4.69) is 10.5 Å². The number of halogens is 1. The van der Waals surface area contributed by atoms with E-state index in [9.17, 15) is 14.9 Å². The van der Waals surface area contributed by atoms with Crippen LogP contribution >= 0.6 is 11.6 Å². The van der Waals surface area contributed by atoms with Gasteiger partial charge in [-0.15, -0.1) is 0 Å². The normalized spacial score (nSPS) is 10.7. The zero-order valence-corrected chi connectivity index (χ0v) is 15.7. The molecule has 1 N–H and O–H groups in total. The average molecular weight is 392 g/mol. The number of hydrogen-bond donors (Lipinski definition) is 1. The van der Waals surface area contributed by atoms with E-state index in [1.807, 2.05) is 13.8 Å². The Labute approximate surface area is 160 Å². The summed E-state index contributed by atoms with van der Waals surface area (Å²) in [6, 6.07) is 7.81. The summed E-state index contributed by atoms with van der Waals surface area (Å²) >= 11 is 6.08. The van der Waals surface area contributed by atoms with Gasteiger partial charge in [-0.25, -0.2) is 5.43 Å². The van der Waals surface area contributed by atoms with Crippen LogP contribution in [0.15, 0.2) is 35.4 Å². The molecule has 8 nitrogen and oxygen atoms in total. The fourth-order valence-electron chi connectivity index (χ4n) is 2.28. The average Bonchev–Trinajstić information content (AvgIpc) is 2.64. The van der Waals surface area contributed by atoms with Gasteiger partial charge in [0.05, 0.1) is 18.2 Å². The Morgan fingerprint density at radius 1 is 1.30 bits per heavy atom. The molecule has 0 saturated carbocycles. The Morgan fingerprint density at radius 2 is 1.96 bits per heavy atom. The van der Waals surface area contributed by atoms with Gasteiger partial charge in [0.1, 0.15) is 5.75 Å². The van der Waals surface area contributed by atoms with Crippen LogP contribution in [-0.2, 0) is 4.79 Å². The summed E-state index contributed by atoms with van der Waals surface area (Å²) in [6.07, 6.45) is 1.29. The molecule has 9 heteroatoms. The number of aryl methyl sites for hydroxylation is 2. The Hall–Kier alpha value is -3.13. The summed E-state index contributed by atoms with van der Waals surface area (Å²) < 4.78 is 10.3.